The van der Waals surface area contributed by atoms with Crippen molar-refractivity contribution >= 4 is 63.1 Å². The molecular formula is C41H50FN13O5S. The lowest BCUT2D eigenvalue weighted by Gasteiger charge is -2.42. The van der Waals surface area contributed by atoms with Crippen LogP contribution in [0.25, 0.3) is 22.3 Å². The highest BCUT2D eigenvalue weighted by atomic mass is 32.2. The van der Waals surface area contributed by atoms with Gasteiger partial charge in [0.05, 0.1) is 33.2 Å². The molecule has 18 nitrogen and oxygen atoms in total. The third-order valence-corrected chi connectivity index (χ3v) is 12.4. The molecule has 1 aliphatic heterocycles. The molecule has 322 valence electrons. The zero-order valence-corrected chi connectivity index (χ0v) is 35.0. The van der Waals surface area contributed by atoms with E-state index < -0.39 is 27.8 Å². The van der Waals surface area contributed by atoms with Crippen LogP contribution in [0.4, 0.5) is 21.8 Å². The number of benzene rings is 1. The van der Waals surface area contributed by atoms with Gasteiger partial charge >= 0.3 is 0 Å². The second kappa shape index (κ2) is 18.3. The van der Waals surface area contributed by atoms with Gasteiger partial charge in [-0.25, -0.2) is 23.9 Å². The number of nitrogens with two attached hydrogens (primary N) is 1. The van der Waals surface area contributed by atoms with Crippen LogP contribution in [0, 0.1) is 11.2 Å². The number of halogens is 1. The number of carbonyl (C=O) groups is 1. The number of nitrogens with one attached hydrogen (secondary N) is 4. The number of anilines is 3. The Hall–Kier alpha value is -6.09. The average Bonchev–Trinajstić information content (AvgIpc) is 3.81. The van der Waals surface area contributed by atoms with Crippen molar-refractivity contribution in [2.45, 2.75) is 80.5 Å². The summed E-state index contributed by atoms with van der Waals surface area (Å²) in [6.07, 6.45) is 9.11. The number of fused-ring (bicyclic) bond motifs is 2. The molecule has 0 spiro atoms. The van der Waals surface area contributed by atoms with E-state index in [0.717, 1.165) is 17.3 Å². The number of hydrogen-bond acceptors (Lipinski definition) is 15. The number of likely N-dealkylation sites (tertiary alicyclic amines) is 1. The van der Waals surface area contributed by atoms with Crippen molar-refractivity contribution in [1.82, 2.24) is 44.6 Å². The molecular weight excluding hydrogens is 806 g/mol. The van der Waals surface area contributed by atoms with Gasteiger partial charge in [-0.3, -0.25) is 9.00 Å². The number of carbonyl (C=O) groups excluding carboxylic acids is 1. The zero-order valence-electron chi connectivity index (χ0n) is 34.1. The number of nitrogens with zero attached hydrogens (tertiary/aromatic N) is 8. The molecule has 5 aromatic rings. The lowest BCUT2D eigenvalue weighted by atomic mass is 9.90. The summed E-state index contributed by atoms with van der Waals surface area (Å²) >= 11 is 0. The van der Waals surface area contributed by atoms with Gasteiger partial charge in [-0.05, 0) is 76.3 Å². The van der Waals surface area contributed by atoms with Crippen molar-refractivity contribution in [2.75, 3.05) is 30.3 Å². The molecule has 0 bridgehead atoms. The fourth-order valence-corrected chi connectivity index (χ4v) is 9.09. The summed E-state index contributed by atoms with van der Waals surface area (Å²) in [5, 5.41) is 48.7. The number of hydrogen-bond donors (Lipinski definition) is 7. The molecule has 5 heterocycles. The normalized spacial score (nSPS) is 17.3. The molecule has 2 atom stereocenters. The highest BCUT2D eigenvalue weighted by molar-refractivity contribution is 7.85. The van der Waals surface area contributed by atoms with Crippen LogP contribution in [0.1, 0.15) is 69.7 Å². The molecule has 4 aromatic heterocycles. The Balaban J connectivity index is 0.999. The molecule has 1 aromatic carbocycles. The first-order valence-electron chi connectivity index (χ1n) is 20.0. The second-order valence-electron chi connectivity index (χ2n) is 15.3. The molecule has 20 heteroatoms. The molecule has 0 radical (unpaired) electrons. The van der Waals surface area contributed by atoms with Crippen LogP contribution < -0.4 is 26.4 Å². The maximum atomic E-state index is 15.6. The summed E-state index contributed by atoms with van der Waals surface area (Å²) in [6, 6.07) is 8.17. The summed E-state index contributed by atoms with van der Waals surface area (Å²) in [5.74, 6) is -1.89. The van der Waals surface area contributed by atoms with Gasteiger partial charge in [0.2, 0.25) is 23.9 Å². The highest BCUT2D eigenvalue weighted by Crippen LogP contribution is 2.37. The Bertz CT molecular complexity index is 2540. The third-order valence-electron chi connectivity index (χ3n) is 10.8. The number of allylic oxidation sites excluding steroid dienone is 1. The van der Waals surface area contributed by atoms with Crippen molar-refractivity contribution in [3.8, 4) is 5.75 Å². The first kappa shape index (κ1) is 43.0. The van der Waals surface area contributed by atoms with Gasteiger partial charge in [-0.2, -0.15) is 14.6 Å². The summed E-state index contributed by atoms with van der Waals surface area (Å²) in [6.45, 7) is 8.94. The minimum absolute atomic E-state index is 0.0474. The largest absolute Gasteiger partial charge is 0.485 e. The summed E-state index contributed by atoms with van der Waals surface area (Å²) in [7, 11) is 0.130. The van der Waals surface area contributed by atoms with E-state index in [2.05, 4.69) is 42.7 Å². The topological polar surface area (TPSA) is 247 Å². The summed E-state index contributed by atoms with van der Waals surface area (Å²) in [5.41, 5.74) is 9.35. The number of pyridine rings is 1. The van der Waals surface area contributed by atoms with Crippen molar-refractivity contribution in [3.63, 3.8) is 0 Å². The van der Waals surface area contributed by atoms with Gasteiger partial charge in [0.15, 0.2) is 17.2 Å². The van der Waals surface area contributed by atoms with Gasteiger partial charge in [0, 0.05) is 78.9 Å². The fraction of sp³-hybridized carbons (Fsp3) is 0.390. The lowest BCUT2D eigenvalue weighted by molar-refractivity contribution is -0.242. The first-order chi connectivity index (χ1) is 29.3. The maximum Gasteiger partial charge on any atom is 0.249 e. The van der Waals surface area contributed by atoms with E-state index in [-0.39, 0.29) is 39.9 Å². The number of aryl methyl sites for hydroxylation is 1. The van der Waals surface area contributed by atoms with Crippen LogP contribution in [0.2, 0.25) is 0 Å². The maximum absolute atomic E-state index is 15.6. The number of aromatic nitrogens is 7. The number of aliphatic hydroxyl groups is 2. The van der Waals surface area contributed by atoms with Crippen molar-refractivity contribution < 1.29 is 28.3 Å². The molecule has 7 rings (SSSR count). The Kier molecular flexibility index (Phi) is 12.9. The van der Waals surface area contributed by atoms with E-state index in [1.807, 2.05) is 33.0 Å². The van der Waals surface area contributed by atoms with Crippen molar-refractivity contribution in [1.29, 1.82) is 5.41 Å². The monoisotopic (exact) mass is 855 g/mol. The molecule has 1 fully saturated rings. The molecule has 2 unspecified atom stereocenters. The molecule has 1 amide bonds. The lowest BCUT2D eigenvalue weighted by Crippen LogP contribution is -2.53. The van der Waals surface area contributed by atoms with Crippen LogP contribution >= 0.6 is 0 Å². The predicted octanol–water partition coefficient (Wildman–Crippen LogP) is 4.19. The Morgan fingerprint density at radius 3 is 2.66 bits per heavy atom. The van der Waals surface area contributed by atoms with E-state index >= 15 is 4.39 Å². The van der Waals surface area contributed by atoms with E-state index in [4.69, 9.17) is 20.9 Å². The van der Waals surface area contributed by atoms with Crippen LogP contribution in [0.15, 0.2) is 71.7 Å². The molecule has 0 saturated carbocycles. The summed E-state index contributed by atoms with van der Waals surface area (Å²) < 4.78 is 38.5. The smallest absolute Gasteiger partial charge is 0.249 e. The van der Waals surface area contributed by atoms with Crippen LogP contribution in [-0.4, -0.2) is 103 Å². The number of amides is 1. The SMILES string of the molecule is C=C(CCNC=O)Nc1nn(C)c2nc(C3CCN(C(O)(O)C4=CC(S(=O)c5ccc(Nc6nc7c(OC(C)C)c(/C(C=N)=C/N)ncn7n6)c(F)c5)CCC4)CC3)ccc12. The Morgan fingerprint density at radius 1 is 1.16 bits per heavy atom. The molecule has 1 aliphatic carbocycles. The van der Waals surface area contributed by atoms with E-state index in [0.29, 0.717) is 98.6 Å². The molecule has 1 saturated heterocycles. The number of piperidine rings is 1. The van der Waals surface area contributed by atoms with Crippen molar-refractivity contribution in [3.05, 3.63) is 84.0 Å². The number of ether oxygens (including phenoxy) is 1. The van der Waals surface area contributed by atoms with Gasteiger partial charge in [-0.15, -0.1) is 5.10 Å². The van der Waals surface area contributed by atoms with Gasteiger partial charge in [0.1, 0.15) is 17.8 Å². The second-order valence-corrected chi connectivity index (χ2v) is 16.9. The highest BCUT2D eigenvalue weighted by Gasteiger charge is 2.40. The quantitative estimate of drug-likeness (QED) is 0.0228. The van der Waals surface area contributed by atoms with E-state index in [1.54, 1.807) is 21.7 Å². The van der Waals surface area contributed by atoms with Crippen LogP contribution in [0.3, 0.4) is 0 Å². The van der Waals surface area contributed by atoms with Crippen molar-refractivity contribution in [2.24, 2.45) is 12.8 Å². The molecule has 8 N–H and O–H groups in total. The summed E-state index contributed by atoms with van der Waals surface area (Å²) in [4.78, 5) is 26.2. The minimum atomic E-state index is -2.24. The van der Waals surface area contributed by atoms with E-state index in [1.165, 1.54) is 29.2 Å². The Morgan fingerprint density at radius 2 is 1.95 bits per heavy atom. The third kappa shape index (κ3) is 9.16. The zero-order chi connectivity index (χ0) is 43.4. The van der Waals surface area contributed by atoms with Gasteiger partial charge in [0.25, 0.3) is 0 Å². The molecule has 2 aliphatic rings. The van der Waals surface area contributed by atoms with Gasteiger partial charge < -0.3 is 42.0 Å². The predicted molar refractivity (Wildman–Crippen MR) is 230 cm³/mol. The first-order valence-corrected chi connectivity index (χ1v) is 21.2. The fourth-order valence-electron chi connectivity index (χ4n) is 7.65. The standard InChI is InChI=1S/C41H50FN13O5S/c1-24(2)60-36-35(27(20-43)21-44)46-22-55-39(36)50-40(52-55)49-34-10-8-30(19-32(34)42)61(59)29-7-5-6-28(18-29)41(57,58)54-16-13-26(14-17-54)33-11-9-31-37(51-53(4)38(31)48-33)47-25(3)12-15-45-23-56/h8-11,18-24,26,29,43,57-58H,3,5-7,12-17,44H2,1-2,4H3,(H,45,56)(H,47,51)(H,49,52)/b27-21+,43-20?. The van der Waals surface area contributed by atoms with Crippen LogP contribution in [0.5, 0.6) is 5.75 Å². The average molecular weight is 856 g/mol. The van der Waals surface area contributed by atoms with Crippen LogP contribution in [-0.2, 0) is 22.6 Å². The number of rotatable bonds is 17. The van der Waals surface area contributed by atoms with E-state index in [9.17, 15) is 19.2 Å². The molecule has 61 heavy (non-hydrogen) atoms. The van der Waals surface area contributed by atoms with Gasteiger partial charge in [-0.1, -0.05) is 12.7 Å². The minimum Gasteiger partial charge on any atom is -0.485 e. The Labute approximate surface area is 353 Å².